The molecule has 1 N–H and O–H groups in total. The van der Waals surface area contributed by atoms with Crippen LogP contribution in [-0.2, 0) is 0 Å². The zero-order valence-electron chi connectivity index (χ0n) is 11.6. The van der Waals surface area contributed by atoms with Crippen molar-refractivity contribution in [3.05, 3.63) is 0 Å². The predicted molar refractivity (Wildman–Crippen MR) is 97.9 cm³/mol. The van der Waals surface area contributed by atoms with Crippen LogP contribution in [0.5, 0.6) is 0 Å². The Morgan fingerprint density at radius 1 is 1.56 bits per heavy atom. The lowest BCUT2D eigenvalue weighted by Gasteiger charge is -2.34. The average Bonchev–Trinajstić information content (AvgIpc) is 2.39. The highest BCUT2D eigenvalue weighted by molar-refractivity contribution is 14.0. The second-order valence-corrected chi connectivity index (χ2v) is 6.56. The van der Waals surface area contributed by atoms with E-state index in [0.29, 0.717) is 0 Å². The Morgan fingerprint density at radius 2 is 2.33 bits per heavy atom. The smallest absolute Gasteiger partial charge is 0.193 e. The molecular formula is C12H26IN3S2. The van der Waals surface area contributed by atoms with E-state index in [9.17, 15) is 0 Å². The molecule has 0 spiro atoms. The van der Waals surface area contributed by atoms with Gasteiger partial charge in [-0.25, -0.2) is 0 Å². The first-order valence-corrected chi connectivity index (χ1v) is 8.82. The van der Waals surface area contributed by atoms with Gasteiger partial charge in [0.2, 0.25) is 0 Å². The van der Waals surface area contributed by atoms with Crippen molar-refractivity contribution in [1.82, 2.24) is 10.2 Å². The fourth-order valence-electron chi connectivity index (χ4n) is 1.91. The number of rotatable bonds is 5. The van der Waals surface area contributed by atoms with Crippen LogP contribution in [0.1, 0.15) is 19.8 Å². The van der Waals surface area contributed by atoms with Gasteiger partial charge in [-0.1, -0.05) is 6.92 Å². The first kappa shape index (κ1) is 18.7. The van der Waals surface area contributed by atoms with Crippen LogP contribution in [0.25, 0.3) is 0 Å². The molecule has 0 saturated carbocycles. The van der Waals surface area contributed by atoms with Crippen LogP contribution >= 0.6 is 47.5 Å². The number of guanidine groups is 1. The van der Waals surface area contributed by atoms with E-state index in [0.717, 1.165) is 30.8 Å². The summed E-state index contributed by atoms with van der Waals surface area (Å²) in [5.74, 6) is 3.53. The maximum Gasteiger partial charge on any atom is 0.193 e. The third-order valence-electron chi connectivity index (χ3n) is 2.91. The molecule has 1 rings (SSSR count). The highest BCUT2D eigenvalue weighted by atomic mass is 127. The van der Waals surface area contributed by atoms with E-state index >= 15 is 0 Å². The minimum atomic E-state index is 0. The van der Waals surface area contributed by atoms with E-state index in [1.54, 1.807) is 0 Å². The second kappa shape index (κ2) is 11.5. The van der Waals surface area contributed by atoms with Crippen LogP contribution < -0.4 is 5.32 Å². The van der Waals surface area contributed by atoms with Gasteiger partial charge >= 0.3 is 0 Å². The topological polar surface area (TPSA) is 27.6 Å². The van der Waals surface area contributed by atoms with Gasteiger partial charge in [-0.15, -0.1) is 24.0 Å². The third kappa shape index (κ3) is 6.75. The summed E-state index contributed by atoms with van der Waals surface area (Å²) in [5, 5.41) is 4.24. The van der Waals surface area contributed by atoms with Gasteiger partial charge in [0.25, 0.3) is 0 Å². The molecule has 0 aromatic rings. The van der Waals surface area contributed by atoms with E-state index < -0.39 is 0 Å². The minimum absolute atomic E-state index is 0. The van der Waals surface area contributed by atoms with Gasteiger partial charge in [-0.3, -0.25) is 4.99 Å². The molecule has 1 unspecified atom stereocenters. The molecule has 0 aromatic carbocycles. The number of halogens is 1. The Kier molecular flexibility index (Phi) is 12.0. The predicted octanol–water partition coefficient (Wildman–Crippen LogP) is 2.76. The molecule has 1 heterocycles. The summed E-state index contributed by atoms with van der Waals surface area (Å²) in [7, 11) is 1.89. The Balaban J connectivity index is 0.00000289. The fourth-order valence-corrected chi connectivity index (χ4v) is 3.52. The van der Waals surface area contributed by atoms with Crippen LogP contribution in [-0.4, -0.2) is 60.6 Å². The zero-order valence-corrected chi connectivity index (χ0v) is 15.6. The number of thioether (sulfide) groups is 2. The molecule has 1 aliphatic rings. The monoisotopic (exact) mass is 403 g/mol. The number of nitrogens with one attached hydrogen (secondary N) is 1. The van der Waals surface area contributed by atoms with Gasteiger partial charge in [0.05, 0.1) is 0 Å². The molecule has 3 nitrogen and oxygen atoms in total. The number of hydrogen-bond acceptors (Lipinski definition) is 3. The molecule has 0 amide bonds. The van der Waals surface area contributed by atoms with Crippen LogP contribution in [0, 0.1) is 0 Å². The highest BCUT2D eigenvalue weighted by Crippen LogP contribution is 2.20. The summed E-state index contributed by atoms with van der Waals surface area (Å²) in [4.78, 5) is 6.80. The number of aliphatic imine (C=N–C) groups is 1. The maximum absolute atomic E-state index is 4.39. The van der Waals surface area contributed by atoms with Crippen molar-refractivity contribution in [2.75, 3.05) is 44.4 Å². The molecule has 1 saturated heterocycles. The molecule has 1 aliphatic heterocycles. The van der Waals surface area contributed by atoms with Gasteiger partial charge < -0.3 is 10.2 Å². The fraction of sp³-hybridized carbons (Fsp3) is 0.917. The van der Waals surface area contributed by atoms with Crippen LogP contribution in [0.2, 0.25) is 0 Å². The molecule has 0 radical (unpaired) electrons. The first-order chi connectivity index (χ1) is 8.31. The van der Waals surface area contributed by atoms with Gasteiger partial charge in [0.1, 0.15) is 0 Å². The number of hydrogen-bond donors (Lipinski definition) is 1. The zero-order chi connectivity index (χ0) is 12.5. The lowest BCUT2D eigenvalue weighted by atomic mass is 10.3. The molecule has 1 atom stereocenters. The summed E-state index contributed by atoms with van der Waals surface area (Å²) in [6, 6.07) is 0. The van der Waals surface area contributed by atoms with E-state index in [4.69, 9.17) is 0 Å². The molecule has 108 valence electrons. The SMILES string of the molecule is CCC1CN(C(=NC)NCCCSC)CCS1.I. The van der Waals surface area contributed by atoms with Crippen molar-refractivity contribution in [2.24, 2.45) is 4.99 Å². The van der Waals surface area contributed by atoms with Gasteiger partial charge in [-0.2, -0.15) is 23.5 Å². The quantitative estimate of drug-likeness (QED) is 0.331. The largest absolute Gasteiger partial charge is 0.356 e. The van der Waals surface area contributed by atoms with Crippen molar-refractivity contribution in [1.29, 1.82) is 0 Å². The summed E-state index contributed by atoms with van der Waals surface area (Å²) < 4.78 is 0. The molecule has 0 bridgehead atoms. The second-order valence-electron chi connectivity index (χ2n) is 4.17. The van der Waals surface area contributed by atoms with Crippen LogP contribution in [0.4, 0.5) is 0 Å². The van der Waals surface area contributed by atoms with Crippen molar-refractivity contribution in [3.63, 3.8) is 0 Å². The highest BCUT2D eigenvalue weighted by Gasteiger charge is 2.20. The summed E-state index contributed by atoms with van der Waals surface area (Å²) in [6.45, 7) is 5.58. The summed E-state index contributed by atoms with van der Waals surface area (Å²) in [6.07, 6.45) is 4.62. The van der Waals surface area contributed by atoms with E-state index in [1.807, 2.05) is 18.8 Å². The van der Waals surface area contributed by atoms with Crippen LogP contribution in [0.15, 0.2) is 4.99 Å². The summed E-state index contributed by atoms with van der Waals surface area (Å²) >= 11 is 4.00. The Morgan fingerprint density at radius 3 is 2.94 bits per heavy atom. The Bertz CT molecular complexity index is 239. The lowest BCUT2D eigenvalue weighted by Crippen LogP contribution is -2.48. The van der Waals surface area contributed by atoms with Crippen LogP contribution in [0.3, 0.4) is 0 Å². The standard InChI is InChI=1S/C12H25N3S2.HI/c1-4-11-10-15(7-9-17-11)12(13-2)14-6-5-8-16-3;/h11H,4-10H2,1-3H3,(H,13,14);1H. The van der Waals surface area contributed by atoms with Crippen molar-refractivity contribution >= 4 is 53.5 Å². The van der Waals surface area contributed by atoms with E-state index in [2.05, 4.69) is 40.2 Å². The van der Waals surface area contributed by atoms with Crippen molar-refractivity contribution in [3.8, 4) is 0 Å². The van der Waals surface area contributed by atoms with E-state index in [-0.39, 0.29) is 24.0 Å². The van der Waals surface area contributed by atoms with Gasteiger partial charge in [-0.05, 0) is 24.9 Å². The third-order valence-corrected chi connectivity index (χ3v) is 4.98. The van der Waals surface area contributed by atoms with Gasteiger partial charge in [0.15, 0.2) is 5.96 Å². The first-order valence-electron chi connectivity index (χ1n) is 6.38. The molecule has 1 fully saturated rings. The number of nitrogens with zero attached hydrogens (tertiary/aromatic N) is 2. The van der Waals surface area contributed by atoms with Gasteiger partial charge in [0, 0.05) is 37.7 Å². The lowest BCUT2D eigenvalue weighted by molar-refractivity contribution is 0.408. The van der Waals surface area contributed by atoms with E-state index in [1.165, 1.54) is 24.3 Å². The molecule has 6 heteroatoms. The molecular weight excluding hydrogens is 377 g/mol. The minimum Gasteiger partial charge on any atom is -0.356 e. The molecule has 0 aliphatic carbocycles. The Hall–Kier alpha value is 0.700. The summed E-state index contributed by atoms with van der Waals surface area (Å²) in [5.41, 5.74) is 0. The normalized spacial score (nSPS) is 20.5. The van der Waals surface area contributed by atoms with Crippen molar-refractivity contribution < 1.29 is 0 Å². The maximum atomic E-state index is 4.39. The molecule has 0 aromatic heterocycles. The molecule has 18 heavy (non-hydrogen) atoms. The van der Waals surface area contributed by atoms with Crippen molar-refractivity contribution in [2.45, 2.75) is 25.0 Å². The Labute approximate surface area is 137 Å². The average molecular weight is 403 g/mol.